The van der Waals surface area contributed by atoms with Crippen LogP contribution < -0.4 is 15.0 Å². The fourth-order valence-corrected chi connectivity index (χ4v) is 4.59. The Morgan fingerprint density at radius 1 is 1.17 bits per heavy atom. The molecule has 0 radical (unpaired) electrons. The van der Waals surface area contributed by atoms with Gasteiger partial charge in [0.1, 0.15) is 5.75 Å². The average molecular weight is 408 g/mol. The van der Waals surface area contributed by atoms with Crippen LogP contribution in [0.25, 0.3) is 0 Å². The van der Waals surface area contributed by atoms with Crippen molar-refractivity contribution in [1.82, 2.24) is 0 Å². The number of carboxylic acids is 1. The molecule has 2 aromatic rings. The third kappa shape index (κ3) is 4.42. The second-order valence-corrected chi connectivity index (χ2v) is 8.25. The van der Waals surface area contributed by atoms with Gasteiger partial charge in [-0.1, -0.05) is 25.0 Å². The van der Waals surface area contributed by atoms with Gasteiger partial charge in [-0.15, -0.1) is 0 Å². The van der Waals surface area contributed by atoms with E-state index in [0.29, 0.717) is 24.6 Å². The number of hydrogen-bond acceptors (Lipinski definition) is 4. The molecule has 30 heavy (non-hydrogen) atoms. The summed E-state index contributed by atoms with van der Waals surface area (Å²) in [6.07, 6.45) is 6.35. The molecule has 1 aliphatic carbocycles. The van der Waals surface area contributed by atoms with Crippen molar-refractivity contribution >= 4 is 23.3 Å². The maximum atomic E-state index is 12.4. The molecule has 1 aliphatic heterocycles. The van der Waals surface area contributed by atoms with Crippen molar-refractivity contribution in [2.24, 2.45) is 5.92 Å². The fourth-order valence-electron chi connectivity index (χ4n) is 4.59. The second kappa shape index (κ2) is 8.78. The number of carbonyl (C=O) groups is 2. The number of nitrogens with zero attached hydrogens (tertiary/aromatic N) is 1. The van der Waals surface area contributed by atoms with Crippen LogP contribution in [-0.2, 0) is 17.8 Å². The number of fused-ring (bicyclic) bond motifs is 1. The van der Waals surface area contributed by atoms with Crippen molar-refractivity contribution in [3.05, 3.63) is 53.1 Å². The number of aromatic carboxylic acids is 1. The van der Waals surface area contributed by atoms with Gasteiger partial charge in [0.25, 0.3) is 0 Å². The highest BCUT2D eigenvalue weighted by Gasteiger charge is 2.22. The summed E-state index contributed by atoms with van der Waals surface area (Å²) in [5.41, 5.74) is 4.34. The Balaban J connectivity index is 1.47. The number of methoxy groups -OCH3 is 1. The van der Waals surface area contributed by atoms with Gasteiger partial charge in [0.2, 0.25) is 5.91 Å². The molecule has 2 N–H and O–H groups in total. The lowest BCUT2D eigenvalue weighted by Gasteiger charge is -2.22. The van der Waals surface area contributed by atoms with E-state index in [9.17, 15) is 14.7 Å². The van der Waals surface area contributed by atoms with Gasteiger partial charge in [-0.2, -0.15) is 0 Å². The Kier molecular flexibility index (Phi) is 5.93. The Hall–Kier alpha value is -3.02. The van der Waals surface area contributed by atoms with Gasteiger partial charge >= 0.3 is 5.97 Å². The van der Waals surface area contributed by atoms with Gasteiger partial charge < -0.3 is 20.1 Å². The van der Waals surface area contributed by atoms with Crippen molar-refractivity contribution in [3.63, 3.8) is 0 Å². The van der Waals surface area contributed by atoms with E-state index in [1.807, 2.05) is 18.2 Å². The lowest BCUT2D eigenvalue weighted by molar-refractivity contribution is -0.117. The highest BCUT2D eigenvalue weighted by molar-refractivity contribution is 5.91. The number of anilines is 2. The van der Waals surface area contributed by atoms with E-state index < -0.39 is 5.97 Å². The predicted octanol–water partition coefficient (Wildman–Crippen LogP) is 4.47. The number of amides is 1. The smallest absolute Gasteiger partial charge is 0.335 e. The summed E-state index contributed by atoms with van der Waals surface area (Å²) in [5.74, 6) is 0.225. The Morgan fingerprint density at radius 3 is 2.70 bits per heavy atom. The number of ether oxygens (including phenoxy) is 1. The molecule has 1 saturated carbocycles. The van der Waals surface area contributed by atoms with Gasteiger partial charge in [-0.25, -0.2) is 4.79 Å². The minimum atomic E-state index is -0.968. The molecule has 6 heteroatoms. The number of rotatable bonds is 7. The molecule has 0 atom stereocenters. The van der Waals surface area contributed by atoms with Gasteiger partial charge in [0.15, 0.2) is 0 Å². The third-order valence-corrected chi connectivity index (χ3v) is 6.20. The lowest BCUT2D eigenvalue weighted by atomic mass is 10.0. The van der Waals surface area contributed by atoms with Crippen LogP contribution in [0.15, 0.2) is 36.4 Å². The summed E-state index contributed by atoms with van der Waals surface area (Å²) in [7, 11) is 1.56. The molecule has 1 amide bonds. The van der Waals surface area contributed by atoms with E-state index in [4.69, 9.17) is 4.74 Å². The lowest BCUT2D eigenvalue weighted by Crippen LogP contribution is -2.20. The van der Waals surface area contributed by atoms with Crippen LogP contribution in [-0.4, -0.2) is 30.6 Å². The zero-order valence-corrected chi connectivity index (χ0v) is 17.3. The van der Waals surface area contributed by atoms with Gasteiger partial charge in [-0.05, 0) is 55.0 Å². The summed E-state index contributed by atoms with van der Waals surface area (Å²) in [6, 6.07) is 11.1. The van der Waals surface area contributed by atoms with E-state index in [1.54, 1.807) is 19.2 Å². The molecule has 0 unspecified atom stereocenters. The van der Waals surface area contributed by atoms with E-state index in [1.165, 1.54) is 18.4 Å². The van der Waals surface area contributed by atoms with E-state index in [2.05, 4.69) is 16.3 Å². The standard InChI is InChI=1S/C24H28N2O4/c1-30-22-13-18(24(28)29)6-7-19(22)15-26-11-10-17-8-9-20(14-21(17)26)25-23(27)12-16-4-2-3-5-16/h6-9,13-14,16H,2-5,10-12,15H2,1H3,(H,25,27)(H,28,29). The van der Waals surface area contributed by atoms with E-state index in [0.717, 1.165) is 42.7 Å². The minimum Gasteiger partial charge on any atom is -0.496 e. The van der Waals surface area contributed by atoms with Crippen molar-refractivity contribution < 1.29 is 19.4 Å². The van der Waals surface area contributed by atoms with Crippen LogP contribution in [0.5, 0.6) is 5.75 Å². The first-order chi connectivity index (χ1) is 14.5. The van der Waals surface area contributed by atoms with Crippen LogP contribution in [0, 0.1) is 5.92 Å². The highest BCUT2D eigenvalue weighted by Crippen LogP contribution is 2.34. The zero-order valence-electron chi connectivity index (χ0n) is 17.3. The number of carbonyl (C=O) groups excluding carboxylic acids is 1. The van der Waals surface area contributed by atoms with Gasteiger partial charge in [0, 0.05) is 36.4 Å². The number of hydrogen-bond donors (Lipinski definition) is 2. The molecule has 1 fully saturated rings. The Morgan fingerprint density at radius 2 is 1.97 bits per heavy atom. The first-order valence-corrected chi connectivity index (χ1v) is 10.6. The topological polar surface area (TPSA) is 78.9 Å². The van der Waals surface area contributed by atoms with Gasteiger partial charge in [0.05, 0.1) is 12.7 Å². The maximum absolute atomic E-state index is 12.4. The molecule has 4 rings (SSSR count). The molecule has 1 heterocycles. The Bertz CT molecular complexity index is 950. The summed E-state index contributed by atoms with van der Waals surface area (Å²) in [6.45, 7) is 1.49. The van der Waals surface area contributed by atoms with E-state index in [-0.39, 0.29) is 11.5 Å². The van der Waals surface area contributed by atoms with Crippen LogP contribution in [0.3, 0.4) is 0 Å². The SMILES string of the molecule is COc1cc(C(=O)O)ccc1CN1CCc2ccc(NC(=O)CC3CCCC3)cc21. The monoisotopic (exact) mass is 408 g/mol. The van der Waals surface area contributed by atoms with Crippen molar-refractivity contribution in [1.29, 1.82) is 0 Å². The van der Waals surface area contributed by atoms with Crippen molar-refractivity contribution in [2.45, 2.75) is 45.1 Å². The molecule has 0 bridgehead atoms. The molecular weight excluding hydrogens is 380 g/mol. The number of carboxylic acid groups (broad SMARTS) is 1. The molecule has 0 spiro atoms. The minimum absolute atomic E-state index is 0.0947. The predicted molar refractivity (Wildman–Crippen MR) is 116 cm³/mol. The fraction of sp³-hybridized carbons (Fsp3) is 0.417. The summed E-state index contributed by atoms with van der Waals surface area (Å²) >= 11 is 0. The van der Waals surface area contributed by atoms with Gasteiger partial charge in [-0.3, -0.25) is 4.79 Å². The van der Waals surface area contributed by atoms with Crippen molar-refractivity contribution in [3.8, 4) is 5.75 Å². The zero-order chi connectivity index (χ0) is 21.1. The first kappa shape index (κ1) is 20.3. The maximum Gasteiger partial charge on any atom is 0.335 e. The van der Waals surface area contributed by atoms with Crippen molar-refractivity contribution in [2.75, 3.05) is 23.9 Å². The highest BCUT2D eigenvalue weighted by atomic mass is 16.5. The molecule has 2 aromatic carbocycles. The molecule has 2 aliphatic rings. The van der Waals surface area contributed by atoms with E-state index >= 15 is 0 Å². The van der Waals surface area contributed by atoms with Crippen LogP contribution in [0.4, 0.5) is 11.4 Å². The quantitative estimate of drug-likeness (QED) is 0.706. The molecular formula is C24H28N2O4. The normalized spacial score (nSPS) is 15.8. The molecule has 158 valence electrons. The van der Waals surface area contributed by atoms with Crippen LogP contribution in [0.2, 0.25) is 0 Å². The average Bonchev–Trinajstić information content (AvgIpc) is 3.38. The molecule has 0 aromatic heterocycles. The number of nitrogens with one attached hydrogen (secondary N) is 1. The summed E-state index contributed by atoms with van der Waals surface area (Å²) in [4.78, 5) is 25.9. The van der Waals surface area contributed by atoms with Crippen LogP contribution >= 0.6 is 0 Å². The first-order valence-electron chi connectivity index (χ1n) is 10.6. The summed E-state index contributed by atoms with van der Waals surface area (Å²) in [5, 5.41) is 12.3. The Labute approximate surface area is 176 Å². The number of benzene rings is 2. The summed E-state index contributed by atoms with van der Waals surface area (Å²) < 4.78 is 5.43. The largest absolute Gasteiger partial charge is 0.496 e. The molecule has 6 nitrogen and oxygen atoms in total. The van der Waals surface area contributed by atoms with Crippen LogP contribution in [0.1, 0.15) is 53.6 Å². The molecule has 0 saturated heterocycles. The second-order valence-electron chi connectivity index (χ2n) is 8.25. The third-order valence-electron chi connectivity index (χ3n) is 6.20.